The van der Waals surface area contributed by atoms with E-state index in [2.05, 4.69) is 4.74 Å². The molecule has 0 bridgehead atoms. The third kappa shape index (κ3) is 112. The molecule has 0 heterocycles. The fourth-order valence-electron chi connectivity index (χ4n) is 0.0833. The third-order valence-electron chi connectivity index (χ3n) is 0.250. The number of rotatable bonds is 2. The van der Waals surface area contributed by atoms with Crippen LogP contribution in [0.5, 0.6) is 0 Å². The third-order valence-corrected chi connectivity index (χ3v) is 0.250. The summed E-state index contributed by atoms with van der Waals surface area (Å²) in [5.74, 6) is 0. The molecular formula is C3H9NO4S. The van der Waals surface area contributed by atoms with Gasteiger partial charge in [-0.2, -0.15) is 0 Å². The van der Waals surface area contributed by atoms with Crippen molar-refractivity contribution in [1.29, 1.82) is 5.41 Å². The van der Waals surface area contributed by atoms with E-state index in [9.17, 15) is 0 Å². The molecule has 0 aliphatic carbocycles. The van der Waals surface area contributed by atoms with Crippen LogP contribution in [0.1, 0.15) is 6.92 Å². The Morgan fingerprint density at radius 3 is 2.11 bits per heavy atom. The van der Waals surface area contributed by atoms with Crippen LogP contribution in [0.25, 0.3) is 0 Å². The Labute approximate surface area is 54.9 Å². The fraction of sp³-hybridized carbons (Fsp3) is 0.667. The summed E-state index contributed by atoms with van der Waals surface area (Å²) in [5, 5.41) is 6.26. The van der Waals surface area contributed by atoms with Crippen molar-refractivity contribution in [2.45, 2.75) is 6.92 Å². The molecule has 0 atom stereocenters. The minimum absolute atomic E-state index is 0.601. The molecule has 0 saturated heterocycles. The summed E-state index contributed by atoms with van der Waals surface area (Å²) in [6, 6.07) is 0. The Bertz CT molecular complexity index is 113. The normalized spacial score (nSPS) is 7.44. The van der Waals surface area contributed by atoms with Gasteiger partial charge in [0.05, 0.1) is 6.61 Å². The first-order chi connectivity index (χ1) is 4.15. The maximum atomic E-state index is 8.59. The van der Waals surface area contributed by atoms with Crippen LogP contribution in [0.4, 0.5) is 0 Å². The van der Waals surface area contributed by atoms with Gasteiger partial charge in [0, 0.05) is 0 Å². The summed E-state index contributed by atoms with van der Waals surface area (Å²) in [6.07, 6.45) is 0.931. The lowest BCUT2D eigenvalue weighted by molar-refractivity contribution is 0.341. The van der Waals surface area contributed by atoms with Crippen molar-refractivity contribution < 1.29 is 17.7 Å². The summed E-state index contributed by atoms with van der Waals surface area (Å²) in [5.41, 5.74) is 0. The molecule has 0 aliphatic rings. The average molecular weight is 155 g/mol. The van der Waals surface area contributed by atoms with Gasteiger partial charge in [-0.25, -0.2) is 8.42 Å². The first-order valence-corrected chi connectivity index (χ1v) is 3.22. The number of ether oxygens (including phenoxy) is 1. The fourth-order valence-corrected chi connectivity index (χ4v) is 0.0833. The van der Waals surface area contributed by atoms with Crippen LogP contribution in [0.3, 0.4) is 0 Å². The SMILES string of the molecule is CCOC=N.O=[SH](=O)O. The Kier molecular flexibility index (Phi) is 12.9. The topological polar surface area (TPSA) is 87.5 Å². The second-order valence-corrected chi connectivity index (χ2v) is 1.29. The van der Waals surface area contributed by atoms with Crippen molar-refractivity contribution in [3.8, 4) is 0 Å². The Balaban J connectivity index is 0. The monoisotopic (exact) mass is 155 g/mol. The molecule has 56 valence electrons. The standard InChI is InChI=1S/C3H7NO.H2O3S/c1-2-5-3-4;1-4(2)3/h3-4H,2H2,1H3;4H,(H,1,2,3). The van der Waals surface area contributed by atoms with Crippen molar-refractivity contribution in [2.24, 2.45) is 0 Å². The molecule has 5 nitrogen and oxygen atoms in total. The highest BCUT2D eigenvalue weighted by molar-refractivity contribution is 7.66. The molecule has 9 heavy (non-hydrogen) atoms. The van der Waals surface area contributed by atoms with E-state index in [1.165, 1.54) is 0 Å². The minimum atomic E-state index is -3.12. The zero-order valence-corrected chi connectivity index (χ0v) is 5.80. The molecule has 0 spiro atoms. The first kappa shape index (κ1) is 11.2. The lowest BCUT2D eigenvalue weighted by Gasteiger charge is -1.82. The van der Waals surface area contributed by atoms with E-state index >= 15 is 0 Å². The predicted octanol–water partition coefficient (Wildman–Crippen LogP) is -0.299. The van der Waals surface area contributed by atoms with E-state index in [1.807, 2.05) is 6.92 Å². The van der Waals surface area contributed by atoms with E-state index in [0.717, 1.165) is 6.40 Å². The average Bonchev–Trinajstić information content (AvgIpc) is 1.66. The van der Waals surface area contributed by atoms with Crippen molar-refractivity contribution in [2.75, 3.05) is 6.61 Å². The lowest BCUT2D eigenvalue weighted by Crippen LogP contribution is -1.80. The van der Waals surface area contributed by atoms with Gasteiger partial charge < -0.3 is 4.74 Å². The molecule has 6 heteroatoms. The van der Waals surface area contributed by atoms with E-state index in [0.29, 0.717) is 6.61 Å². The highest BCUT2D eigenvalue weighted by Crippen LogP contribution is 1.56. The smallest absolute Gasteiger partial charge is 0.254 e. The van der Waals surface area contributed by atoms with Crippen LogP contribution in [0, 0.1) is 5.41 Å². The maximum absolute atomic E-state index is 8.59. The van der Waals surface area contributed by atoms with Crippen molar-refractivity contribution in [1.82, 2.24) is 0 Å². The Morgan fingerprint density at radius 1 is 1.78 bits per heavy atom. The molecule has 0 aromatic carbocycles. The van der Waals surface area contributed by atoms with Gasteiger partial charge in [-0.05, 0) is 6.92 Å². The van der Waals surface area contributed by atoms with E-state index < -0.39 is 11.0 Å². The van der Waals surface area contributed by atoms with Gasteiger partial charge in [0.15, 0.2) is 6.40 Å². The van der Waals surface area contributed by atoms with Crippen LogP contribution in [-0.4, -0.2) is 26.0 Å². The van der Waals surface area contributed by atoms with E-state index in [1.54, 1.807) is 0 Å². The molecular weight excluding hydrogens is 146 g/mol. The number of thiol groups is 1. The van der Waals surface area contributed by atoms with Crippen LogP contribution in [-0.2, 0) is 15.7 Å². The second-order valence-electron chi connectivity index (χ2n) is 0.811. The summed E-state index contributed by atoms with van der Waals surface area (Å²) in [4.78, 5) is 0. The predicted molar refractivity (Wildman–Crippen MR) is 33.4 cm³/mol. The minimum Gasteiger partial charge on any atom is -0.484 e. The van der Waals surface area contributed by atoms with Gasteiger partial charge in [-0.15, -0.1) is 0 Å². The molecule has 0 aliphatic heterocycles. The van der Waals surface area contributed by atoms with Crippen LogP contribution < -0.4 is 0 Å². The zero-order chi connectivity index (χ0) is 7.70. The van der Waals surface area contributed by atoms with Gasteiger partial charge in [-0.1, -0.05) is 0 Å². The van der Waals surface area contributed by atoms with Crippen LogP contribution in [0.2, 0.25) is 0 Å². The molecule has 0 radical (unpaired) electrons. The quantitative estimate of drug-likeness (QED) is 0.221. The molecule has 0 aromatic rings. The summed E-state index contributed by atoms with van der Waals surface area (Å²) in [7, 11) is -3.12. The van der Waals surface area contributed by atoms with Gasteiger partial charge in [0.2, 0.25) is 0 Å². The summed E-state index contributed by atoms with van der Waals surface area (Å²) < 4.78 is 28.6. The molecule has 0 saturated carbocycles. The van der Waals surface area contributed by atoms with Crippen molar-refractivity contribution in [3.63, 3.8) is 0 Å². The second kappa shape index (κ2) is 10.4. The van der Waals surface area contributed by atoms with Crippen molar-refractivity contribution in [3.05, 3.63) is 0 Å². The van der Waals surface area contributed by atoms with Crippen molar-refractivity contribution >= 4 is 17.4 Å². The van der Waals surface area contributed by atoms with Gasteiger partial charge in [-0.3, -0.25) is 9.96 Å². The van der Waals surface area contributed by atoms with Gasteiger partial charge >= 0.3 is 0 Å². The number of hydrogen-bond donors (Lipinski definition) is 3. The Morgan fingerprint density at radius 2 is 2.11 bits per heavy atom. The number of hydrogen-bond acceptors (Lipinski definition) is 4. The largest absolute Gasteiger partial charge is 0.484 e. The molecule has 0 fully saturated rings. The van der Waals surface area contributed by atoms with Crippen LogP contribution in [0.15, 0.2) is 0 Å². The highest BCUT2D eigenvalue weighted by Gasteiger charge is 1.57. The summed E-state index contributed by atoms with van der Waals surface area (Å²) in [6.45, 7) is 2.44. The molecule has 0 rings (SSSR count). The highest BCUT2D eigenvalue weighted by atomic mass is 32.2. The molecule has 0 aromatic heterocycles. The van der Waals surface area contributed by atoms with E-state index in [4.69, 9.17) is 18.4 Å². The molecule has 0 unspecified atom stereocenters. The van der Waals surface area contributed by atoms with Gasteiger partial charge in [0.25, 0.3) is 11.0 Å². The molecule has 0 amide bonds. The first-order valence-electron chi connectivity index (χ1n) is 2.09. The lowest BCUT2D eigenvalue weighted by atomic mass is 10.9. The summed E-state index contributed by atoms with van der Waals surface area (Å²) >= 11 is 0. The Hall–Kier alpha value is -0.620. The van der Waals surface area contributed by atoms with Crippen LogP contribution >= 0.6 is 0 Å². The van der Waals surface area contributed by atoms with E-state index in [-0.39, 0.29) is 0 Å². The maximum Gasteiger partial charge on any atom is 0.254 e. The molecule has 2 N–H and O–H groups in total. The number of nitrogens with one attached hydrogen (secondary N) is 1. The van der Waals surface area contributed by atoms with Gasteiger partial charge in [0.1, 0.15) is 0 Å². The zero-order valence-electron chi connectivity index (χ0n) is 4.90.